The van der Waals surface area contributed by atoms with E-state index >= 15 is 0 Å². The number of fused-ring (bicyclic) bond motifs is 1. The summed E-state index contributed by atoms with van der Waals surface area (Å²) >= 11 is 0. The molecule has 0 bridgehead atoms. The molecule has 4 rings (SSSR count). The molecule has 0 spiro atoms. The highest BCUT2D eigenvalue weighted by Gasteiger charge is 2.32. The summed E-state index contributed by atoms with van der Waals surface area (Å²) < 4.78 is 7.63. The van der Waals surface area contributed by atoms with Gasteiger partial charge < -0.3 is 9.40 Å². The minimum atomic E-state index is -0.223. The number of pyridine rings is 1. The molecule has 3 heterocycles. The van der Waals surface area contributed by atoms with Gasteiger partial charge in [-0.05, 0) is 79.3 Å². The Hall–Kier alpha value is -3.26. The largest absolute Gasteiger partial charge is 0.468 e. The third-order valence-electron chi connectivity index (χ3n) is 6.62. The minimum Gasteiger partial charge on any atom is -0.468 e. The van der Waals surface area contributed by atoms with Crippen LogP contribution in [0.2, 0.25) is 0 Å². The number of aromatic amines is 1. The van der Waals surface area contributed by atoms with Crippen LogP contribution in [0.3, 0.4) is 0 Å². The lowest BCUT2D eigenvalue weighted by Crippen LogP contribution is -2.36. The van der Waals surface area contributed by atoms with Crippen molar-refractivity contribution in [2.45, 2.75) is 78.6 Å². The van der Waals surface area contributed by atoms with Crippen molar-refractivity contribution in [1.29, 1.82) is 0 Å². The van der Waals surface area contributed by atoms with Crippen LogP contribution in [-0.4, -0.2) is 30.1 Å². The van der Waals surface area contributed by atoms with Gasteiger partial charge in [0.25, 0.3) is 5.56 Å². The molecular formula is C26H34N6O2. The van der Waals surface area contributed by atoms with Gasteiger partial charge in [-0.25, -0.2) is 4.68 Å². The van der Waals surface area contributed by atoms with Crippen LogP contribution in [0.25, 0.3) is 10.9 Å². The highest BCUT2D eigenvalue weighted by atomic mass is 16.3. The van der Waals surface area contributed by atoms with Crippen LogP contribution >= 0.6 is 0 Å². The summed E-state index contributed by atoms with van der Waals surface area (Å²) in [6.45, 7) is 11.6. The van der Waals surface area contributed by atoms with Gasteiger partial charge in [-0.1, -0.05) is 32.4 Å². The molecule has 1 aromatic carbocycles. The summed E-state index contributed by atoms with van der Waals surface area (Å²) in [6.07, 6.45) is 4.38. The Kier molecular flexibility index (Phi) is 6.97. The number of hydrogen-bond acceptors (Lipinski definition) is 6. The first kappa shape index (κ1) is 23.9. The van der Waals surface area contributed by atoms with Gasteiger partial charge in [-0.2, -0.15) is 0 Å². The predicted molar refractivity (Wildman–Crippen MR) is 132 cm³/mol. The molecular weight excluding hydrogens is 428 g/mol. The van der Waals surface area contributed by atoms with E-state index in [0.29, 0.717) is 18.7 Å². The summed E-state index contributed by atoms with van der Waals surface area (Å²) in [5, 5.41) is 13.9. The van der Waals surface area contributed by atoms with E-state index in [-0.39, 0.29) is 17.1 Å². The Bertz CT molecular complexity index is 1290. The maximum absolute atomic E-state index is 13.1. The molecule has 4 aromatic rings. The van der Waals surface area contributed by atoms with Crippen LogP contribution < -0.4 is 5.56 Å². The van der Waals surface area contributed by atoms with Gasteiger partial charge in [0.15, 0.2) is 5.82 Å². The van der Waals surface area contributed by atoms with E-state index in [1.165, 1.54) is 0 Å². The highest BCUT2D eigenvalue weighted by molar-refractivity contribution is 5.79. The maximum atomic E-state index is 13.1. The number of hydrogen-bond donors (Lipinski definition) is 1. The molecule has 0 aliphatic carbocycles. The molecule has 0 saturated heterocycles. The predicted octanol–water partition coefficient (Wildman–Crippen LogP) is 5.10. The lowest BCUT2D eigenvalue weighted by Gasteiger charge is -2.33. The van der Waals surface area contributed by atoms with E-state index in [1.54, 1.807) is 6.26 Å². The monoisotopic (exact) mass is 462 g/mol. The number of tetrazole rings is 1. The van der Waals surface area contributed by atoms with Crippen molar-refractivity contribution in [3.8, 4) is 0 Å². The SMILES string of the molecule is CCCC(c1nnnn1C(C)(C)CC)N(Cc1ccco1)Cc1cc2ccc(C)cc2[nH]c1=O. The molecule has 1 atom stereocenters. The van der Waals surface area contributed by atoms with Gasteiger partial charge in [0.2, 0.25) is 0 Å². The van der Waals surface area contributed by atoms with E-state index in [0.717, 1.165) is 47.3 Å². The minimum absolute atomic E-state index is 0.0775. The molecule has 8 nitrogen and oxygen atoms in total. The smallest absolute Gasteiger partial charge is 0.252 e. The Labute approximate surface area is 200 Å². The fourth-order valence-corrected chi connectivity index (χ4v) is 4.31. The standard InChI is InChI=1S/C26H34N6O2/c1-6-9-23(24-28-29-30-32(24)26(4,5)7-2)31(17-21-10-8-13-34-21)16-20-15-19-12-11-18(3)14-22(19)27-25(20)33/h8,10-15,23H,6-7,9,16-17H2,1-5H3,(H,27,33). The molecule has 0 aliphatic rings. The second kappa shape index (κ2) is 9.93. The van der Waals surface area contributed by atoms with E-state index in [9.17, 15) is 4.79 Å². The Balaban J connectivity index is 1.77. The highest BCUT2D eigenvalue weighted by Crippen LogP contribution is 2.31. The number of H-pyrrole nitrogens is 1. The first-order valence-electron chi connectivity index (χ1n) is 12.0. The van der Waals surface area contributed by atoms with Crippen molar-refractivity contribution in [2.75, 3.05) is 0 Å². The van der Waals surface area contributed by atoms with Gasteiger partial charge in [-0.3, -0.25) is 9.69 Å². The second-order valence-corrected chi connectivity index (χ2v) is 9.62. The van der Waals surface area contributed by atoms with E-state index in [2.05, 4.69) is 65.2 Å². The fraction of sp³-hybridized carbons (Fsp3) is 0.462. The number of nitrogens with zero attached hydrogens (tertiary/aromatic N) is 5. The molecule has 0 radical (unpaired) electrons. The summed E-state index contributed by atoms with van der Waals surface area (Å²) in [5.41, 5.74) is 2.37. The zero-order valence-electron chi connectivity index (χ0n) is 20.7. The van der Waals surface area contributed by atoms with Crippen LogP contribution in [0.4, 0.5) is 0 Å². The average Bonchev–Trinajstić information content (AvgIpc) is 3.50. The maximum Gasteiger partial charge on any atom is 0.252 e. The van der Waals surface area contributed by atoms with Crippen molar-refractivity contribution >= 4 is 10.9 Å². The van der Waals surface area contributed by atoms with Crippen molar-refractivity contribution in [3.05, 3.63) is 75.7 Å². The van der Waals surface area contributed by atoms with Crippen LogP contribution in [0.5, 0.6) is 0 Å². The number of rotatable bonds is 10. The molecule has 1 unspecified atom stereocenters. The number of nitrogens with one attached hydrogen (secondary N) is 1. The molecule has 0 aliphatic heterocycles. The van der Waals surface area contributed by atoms with Crippen LogP contribution in [0.1, 0.15) is 75.7 Å². The third-order valence-corrected chi connectivity index (χ3v) is 6.62. The van der Waals surface area contributed by atoms with Crippen molar-refractivity contribution < 1.29 is 4.42 Å². The van der Waals surface area contributed by atoms with Gasteiger partial charge in [0.1, 0.15) is 5.76 Å². The lowest BCUT2D eigenvalue weighted by atomic mass is 10.0. The van der Waals surface area contributed by atoms with Gasteiger partial charge in [0, 0.05) is 17.6 Å². The molecule has 0 saturated carbocycles. The third kappa shape index (κ3) is 4.97. The lowest BCUT2D eigenvalue weighted by molar-refractivity contribution is 0.135. The molecule has 8 heteroatoms. The Morgan fingerprint density at radius 3 is 2.71 bits per heavy atom. The van der Waals surface area contributed by atoms with Crippen molar-refractivity contribution in [1.82, 2.24) is 30.1 Å². The summed E-state index contributed by atoms with van der Waals surface area (Å²) in [7, 11) is 0. The Morgan fingerprint density at radius 1 is 1.18 bits per heavy atom. The van der Waals surface area contributed by atoms with Crippen LogP contribution in [0, 0.1) is 6.92 Å². The van der Waals surface area contributed by atoms with Crippen LogP contribution in [0.15, 0.2) is 51.9 Å². The molecule has 1 N–H and O–H groups in total. The molecule has 3 aromatic heterocycles. The van der Waals surface area contributed by atoms with E-state index in [4.69, 9.17) is 4.42 Å². The van der Waals surface area contributed by atoms with E-state index in [1.807, 2.05) is 35.9 Å². The molecule has 0 amide bonds. The topological polar surface area (TPSA) is 92.8 Å². The van der Waals surface area contributed by atoms with Crippen molar-refractivity contribution in [2.24, 2.45) is 0 Å². The van der Waals surface area contributed by atoms with E-state index < -0.39 is 0 Å². The number of aryl methyl sites for hydroxylation is 1. The van der Waals surface area contributed by atoms with Gasteiger partial charge in [-0.15, -0.1) is 5.10 Å². The van der Waals surface area contributed by atoms with Gasteiger partial charge >= 0.3 is 0 Å². The zero-order chi connectivity index (χ0) is 24.3. The molecule has 180 valence electrons. The summed E-state index contributed by atoms with van der Waals surface area (Å²) in [5.74, 6) is 1.65. The first-order chi connectivity index (χ1) is 16.3. The number of benzene rings is 1. The normalized spacial score (nSPS) is 13.1. The number of aromatic nitrogens is 5. The average molecular weight is 463 g/mol. The fourth-order valence-electron chi connectivity index (χ4n) is 4.31. The number of furan rings is 1. The summed E-state index contributed by atoms with van der Waals surface area (Å²) in [6, 6.07) is 11.9. The van der Waals surface area contributed by atoms with Gasteiger partial charge in [0.05, 0.1) is 24.4 Å². The van der Waals surface area contributed by atoms with Crippen LogP contribution in [-0.2, 0) is 18.6 Å². The Morgan fingerprint density at radius 2 is 2.00 bits per heavy atom. The second-order valence-electron chi connectivity index (χ2n) is 9.62. The molecule has 0 fully saturated rings. The molecule has 34 heavy (non-hydrogen) atoms. The first-order valence-corrected chi connectivity index (χ1v) is 12.0. The zero-order valence-corrected chi connectivity index (χ0v) is 20.7. The van der Waals surface area contributed by atoms with Crippen molar-refractivity contribution in [3.63, 3.8) is 0 Å². The quantitative estimate of drug-likeness (QED) is 0.352. The summed E-state index contributed by atoms with van der Waals surface area (Å²) in [4.78, 5) is 18.4.